The van der Waals surface area contributed by atoms with E-state index < -0.39 is 0 Å². The van der Waals surface area contributed by atoms with Gasteiger partial charge in [0.25, 0.3) is 0 Å². The number of nitrogens with zero attached hydrogens (tertiary/aromatic N) is 1. The van der Waals surface area contributed by atoms with Crippen LogP contribution in [0.25, 0.3) is 5.70 Å². The molecular weight excluding hydrogens is 242 g/mol. The van der Waals surface area contributed by atoms with E-state index in [1.54, 1.807) is 0 Å². The molecule has 0 unspecified atom stereocenters. The van der Waals surface area contributed by atoms with Crippen LogP contribution in [0.2, 0.25) is 0 Å². The van der Waals surface area contributed by atoms with Gasteiger partial charge in [-0.2, -0.15) is 0 Å². The van der Waals surface area contributed by atoms with Crippen molar-refractivity contribution in [2.75, 3.05) is 13.6 Å². The minimum absolute atomic E-state index is 1.03. The first kappa shape index (κ1) is 14.4. The van der Waals surface area contributed by atoms with Crippen LogP contribution in [0.1, 0.15) is 23.6 Å². The largest absolute Gasteiger partial charge is 0.374 e. The zero-order chi connectivity index (χ0) is 14.4. The minimum atomic E-state index is 1.03. The second-order valence-corrected chi connectivity index (χ2v) is 5.15. The van der Waals surface area contributed by atoms with Gasteiger partial charge in [-0.1, -0.05) is 60.7 Å². The number of likely N-dealkylation sites (N-methyl/N-ethyl adjacent to an activating group) is 1. The van der Waals surface area contributed by atoms with Gasteiger partial charge in [-0.15, -0.1) is 0 Å². The third-order valence-corrected chi connectivity index (χ3v) is 3.68. The smallest absolute Gasteiger partial charge is 0.0396 e. The Kier molecular flexibility index (Phi) is 5.00. The Morgan fingerprint density at radius 1 is 1.00 bits per heavy atom. The molecule has 1 heteroatoms. The van der Waals surface area contributed by atoms with E-state index in [4.69, 9.17) is 0 Å². The lowest BCUT2D eigenvalue weighted by Crippen LogP contribution is -2.20. The summed E-state index contributed by atoms with van der Waals surface area (Å²) in [6, 6.07) is 19.2. The number of benzene rings is 2. The van der Waals surface area contributed by atoms with Crippen LogP contribution in [-0.2, 0) is 6.42 Å². The van der Waals surface area contributed by atoms with Crippen molar-refractivity contribution in [3.05, 3.63) is 77.4 Å². The van der Waals surface area contributed by atoms with Crippen molar-refractivity contribution in [3.63, 3.8) is 0 Å². The molecule has 0 saturated heterocycles. The van der Waals surface area contributed by atoms with Gasteiger partial charge in [-0.3, -0.25) is 0 Å². The molecular formula is C19H23N. The molecule has 0 fully saturated rings. The molecule has 0 saturated carbocycles. The van der Waals surface area contributed by atoms with Crippen LogP contribution in [0.5, 0.6) is 0 Å². The highest BCUT2D eigenvalue weighted by Crippen LogP contribution is 2.21. The minimum Gasteiger partial charge on any atom is -0.374 e. The Bertz CT molecular complexity index is 569. The fourth-order valence-corrected chi connectivity index (χ4v) is 2.50. The molecule has 0 bridgehead atoms. The highest BCUT2D eigenvalue weighted by Gasteiger charge is 2.08. The van der Waals surface area contributed by atoms with Gasteiger partial charge in [0, 0.05) is 24.9 Å². The van der Waals surface area contributed by atoms with Crippen LogP contribution < -0.4 is 0 Å². The number of hydrogen-bond donors (Lipinski definition) is 0. The SMILES string of the molecule is C/C=C(/c1ccccc1C)N(C)CCc1ccccc1. The van der Waals surface area contributed by atoms with Crippen LogP contribution in [0, 0.1) is 6.92 Å². The molecule has 0 aromatic heterocycles. The third-order valence-electron chi connectivity index (χ3n) is 3.68. The number of hydrogen-bond acceptors (Lipinski definition) is 1. The first-order valence-corrected chi connectivity index (χ1v) is 7.19. The van der Waals surface area contributed by atoms with Gasteiger partial charge in [0.1, 0.15) is 0 Å². The molecule has 0 amide bonds. The molecule has 0 radical (unpaired) electrons. The molecule has 2 aromatic rings. The van der Waals surface area contributed by atoms with Gasteiger partial charge in [0.05, 0.1) is 0 Å². The van der Waals surface area contributed by atoms with Crippen molar-refractivity contribution < 1.29 is 0 Å². The van der Waals surface area contributed by atoms with E-state index in [0.29, 0.717) is 0 Å². The van der Waals surface area contributed by atoms with Crippen LogP contribution in [0.3, 0.4) is 0 Å². The topological polar surface area (TPSA) is 3.24 Å². The summed E-state index contributed by atoms with van der Waals surface area (Å²) in [5.41, 5.74) is 5.34. The van der Waals surface area contributed by atoms with Crippen LogP contribution >= 0.6 is 0 Å². The molecule has 2 rings (SSSR count). The predicted octanol–water partition coefficient (Wildman–Crippen LogP) is 4.53. The summed E-state index contributed by atoms with van der Waals surface area (Å²) in [5.74, 6) is 0. The molecule has 0 atom stereocenters. The van der Waals surface area contributed by atoms with E-state index in [2.05, 4.69) is 86.5 Å². The van der Waals surface area contributed by atoms with E-state index in [9.17, 15) is 0 Å². The van der Waals surface area contributed by atoms with Crippen molar-refractivity contribution in [3.8, 4) is 0 Å². The Labute approximate surface area is 122 Å². The Morgan fingerprint density at radius 2 is 1.65 bits per heavy atom. The number of allylic oxidation sites excluding steroid dienone is 1. The van der Waals surface area contributed by atoms with Gasteiger partial charge >= 0.3 is 0 Å². The van der Waals surface area contributed by atoms with Crippen molar-refractivity contribution >= 4 is 5.70 Å². The molecule has 0 aliphatic rings. The maximum Gasteiger partial charge on any atom is 0.0396 e. The second-order valence-electron chi connectivity index (χ2n) is 5.15. The fourth-order valence-electron chi connectivity index (χ4n) is 2.50. The summed E-state index contributed by atoms with van der Waals surface area (Å²) >= 11 is 0. The third kappa shape index (κ3) is 3.51. The zero-order valence-electron chi connectivity index (χ0n) is 12.6. The van der Waals surface area contributed by atoms with Gasteiger partial charge in [0.15, 0.2) is 0 Å². The van der Waals surface area contributed by atoms with Gasteiger partial charge in [-0.25, -0.2) is 0 Å². The van der Waals surface area contributed by atoms with Crippen LogP contribution in [-0.4, -0.2) is 18.5 Å². The van der Waals surface area contributed by atoms with E-state index in [1.165, 1.54) is 22.4 Å². The molecule has 0 heterocycles. The van der Waals surface area contributed by atoms with Crippen molar-refractivity contribution in [2.24, 2.45) is 0 Å². The average Bonchev–Trinajstić information content (AvgIpc) is 2.49. The van der Waals surface area contributed by atoms with E-state index in [-0.39, 0.29) is 0 Å². The molecule has 20 heavy (non-hydrogen) atoms. The monoisotopic (exact) mass is 265 g/mol. The Morgan fingerprint density at radius 3 is 2.30 bits per heavy atom. The second kappa shape index (κ2) is 6.95. The predicted molar refractivity (Wildman–Crippen MR) is 87.6 cm³/mol. The van der Waals surface area contributed by atoms with Gasteiger partial charge in [0.2, 0.25) is 0 Å². The van der Waals surface area contributed by atoms with Crippen molar-refractivity contribution in [2.45, 2.75) is 20.3 Å². The lowest BCUT2D eigenvalue weighted by molar-refractivity contribution is 0.483. The fraction of sp³-hybridized carbons (Fsp3) is 0.263. The zero-order valence-corrected chi connectivity index (χ0v) is 12.6. The molecule has 2 aromatic carbocycles. The summed E-state index contributed by atoms with van der Waals surface area (Å²) in [4.78, 5) is 2.34. The normalized spacial score (nSPS) is 11.4. The Hall–Kier alpha value is -2.02. The first-order valence-electron chi connectivity index (χ1n) is 7.19. The summed E-state index contributed by atoms with van der Waals surface area (Å²) in [7, 11) is 2.17. The van der Waals surface area contributed by atoms with E-state index >= 15 is 0 Å². The maximum atomic E-state index is 2.34. The van der Waals surface area contributed by atoms with Gasteiger partial charge < -0.3 is 4.90 Å². The lowest BCUT2D eigenvalue weighted by Gasteiger charge is -2.24. The summed E-state index contributed by atoms with van der Waals surface area (Å²) in [6.45, 7) is 5.31. The van der Waals surface area contributed by atoms with Crippen LogP contribution in [0.4, 0.5) is 0 Å². The molecule has 0 aliphatic heterocycles. The van der Waals surface area contributed by atoms with E-state index in [0.717, 1.165) is 13.0 Å². The Balaban J connectivity index is 2.07. The first-order chi connectivity index (χ1) is 9.72. The number of aryl methyl sites for hydroxylation is 1. The summed E-state index contributed by atoms with van der Waals surface area (Å²) in [6.07, 6.45) is 3.27. The molecule has 1 nitrogen and oxygen atoms in total. The highest BCUT2D eigenvalue weighted by atomic mass is 15.1. The number of rotatable bonds is 5. The van der Waals surface area contributed by atoms with Crippen molar-refractivity contribution in [1.29, 1.82) is 0 Å². The highest BCUT2D eigenvalue weighted by molar-refractivity contribution is 5.66. The van der Waals surface area contributed by atoms with Crippen LogP contribution in [0.15, 0.2) is 60.7 Å². The van der Waals surface area contributed by atoms with Crippen molar-refractivity contribution in [1.82, 2.24) is 4.90 Å². The molecule has 0 spiro atoms. The average molecular weight is 265 g/mol. The molecule has 0 aliphatic carbocycles. The molecule has 0 N–H and O–H groups in total. The maximum absolute atomic E-state index is 2.34. The summed E-state index contributed by atoms with van der Waals surface area (Å²) < 4.78 is 0. The quantitative estimate of drug-likeness (QED) is 0.767. The molecule has 104 valence electrons. The standard InChI is InChI=1S/C19H23N/c1-4-19(18-13-9-8-10-16(18)2)20(3)15-14-17-11-6-5-7-12-17/h4-13H,14-15H2,1-3H3/b19-4-. The van der Waals surface area contributed by atoms with Gasteiger partial charge in [-0.05, 0) is 31.4 Å². The lowest BCUT2D eigenvalue weighted by atomic mass is 10.0. The van der Waals surface area contributed by atoms with E-state index in [1.807, 2.05) is 0 Å². The summed E-state index contributed by atoms with van der Waals surface area (Å²) in [5, 5.41) is 0.